The number of fused-ring (bicyclic) bond motifs is 1. The van der Waals surface area contributed by atoms with E-state index in [0.29, 0.717) is 11.3 Å². The van der Waals surface area contributed by atoms with Crippen LogP contribution in [0.25, 0.3) is 0 Å². The number of amides is 2. The summed E-state index contributed by atoms with van der Waals surface area (Å²) in [7, 11) is -3.98. The lowest BCUT2D eigenvalue weighted by atomic mass is 10.1. The largest absolute Gasteiger partial charge is 0.479 e. The van der Waals surface area contributed by atoms with Crippen molar-refractivity contribution < 1.29 is 35.9 Å². The minimum absolute atomic E-state index is 0.00297. The number of carbonyl (C=O) groups is 2. The smallest absolute Gasteiger partial charge is 0.417 e. The first kappa shape index (κ1) is 24.0. The average Bonchev–Trinajstić information content (AvgIpc) is 2.79. The van der Waals surface area contributed by atoms with Gasteiger partial charge >= 0.3 is 6.18 Å². The van der Waals surface area contributed by atoms with Crippen molar-refractivity contribution in [3.63, 3.8) is 0 Å². The normalized spacial score (nSPS) is 19.3. The Bertz CT molecular complexity index is 1250. The van der Waals surface area contributed by atoms with Gasteiger partial charge in [-0.3, -0.25) is 9.59 Å². The lowest BCUT2D eigenvalue weighted by molar-refractivity contribution is -0.138. The minimum Gasteiger partial charge on any atom is -0.479 e. The number of hydrogen-bond donors (Lipinski definition) is 1. The highest BCUT2D eigenvalue weighted by atomic mass is 32.2. The molecule has 8 nitrogen and oxygen atoms in total. The number of benzene rings is 2. The van der Waals surface area contributed by atoms with E-state index in [0.717, 1.165) is 12.1 Å². The highest BCUT2D eigenvalue weighted by Crippen LogP contribution is 2.36. The SMILES string of the molecule is Cc1cc2c(cc1S(=O)(=O)N1CCN(C(=O)c3ccccc3C(F)(F)F)CC1)O[C@@H](C)C(=O)N2. The lowest BCUT2D eigenvalue weighted by Crippen LogP contribution is -2.50. The van der Waals surface area contributed by atoms with Gasteiger partial charge in [-0.25, -0.2) is 8.42 Å². The number of ether oxygens (including phenoxy) is 1. The fraction of sp³-hybridized carbons (Fsp3) is 0.364. The predicted molar refractivity (Wildman–Crippen MR) is 116 cm³/mol. The Kier molecular flexibility index (Phi) is 6.06. The van der Waals surface area contributed by atoms with Crippen LogP contribution in [0.2, 0.25) is 0 Å². The van der Waals surface area contributed by atoms with E-state index >= 15 is 0 Å². The van der Waals surface area contributed by atoms with Crippen molar-refractivity contribution in [2.24, 2.45) is 0 Å². The summed E-state index contributed by atoms with van der Waals surface area (Å²) in [6, 6.07) is 7.39. The molecule has 0 radical (unpaired) electrons. The highest BCUT2D eigenvalue weighted by molar-refractivity contribution is 7.89. The number of hydrogen-bond acceptors (Lipinski definition) is 5. The van der Waals surface area contributed by atoms with Gasteiger partial charge in [0.25, 0.3) is 11.8 Å². The molecule has 0 aliphatic carbocycles. The zero-order valence-electron chi connectivity index (χ0n) is 18.3. The van der Waals surface area contributed by atoms with Gasteiger partial charge in [0.2, 0.25) is 10.0 Å². The molecule has 1 atom stereocenters. The second kappa shape index (κ2) is 8.58. The molecule has 12 heteroatoms. The van der Waals surface area contributed by atoms with Gasteiger partial charge in [-0.15, -0.1) is 0 Å². The number of nitrogens with zero attached hydrogens (tertiary/aromatic N) is 2. The van der Waals surface area contributed by atoms with Gasteiger partial charge in [-0.05, 0) is 37.6 Å². The van der Waals surface area contributed by atoms with Crippen molar-refractivity contribution in [1.29, 1.82) is 0 Å². The van der Waals surface area contributed by atoms with Gasteiger partial charge in [0.05, 0.1) is 21.7 Å². The molecule has 0 saturated carbocycles. The molecule has 2 aromatic carbocycles. The standard InChI is InChI=1S/C22H22F3N3O5S/c1-13-11-17-18(33-14(2)20(29)26-17)12-19(13)34(31,32)28-9-7-27(8-10-28)21(30)15-5-3-4-6-16(15)22(23,24)25/h3-6,11-12,14H,7-10H2,1-2H3,(H,26,29)/t14-/m0/s1. The zero-order valence-corrected chi connectivity index (χ0v) is 19.2. The van der Waals surface area contributed by atoms with Crippen molar-refractivity contribution >= 4 is 27.5 Å². The summed E-state index contributed by atoms with van der Waals surface area (Å²) in [6.45, 7) is 2.86. The van der Waals surface area contributed by atoms with Crippen molar-refractivity contribution in [2.45, 2.75) is 31.0 Å². The monoisotopic (exact) mass is 497 g/mol. The molecule has 1 N–H and O–H groups in total. The van der Waals surface area contributed by atoms with Gasteiger partial charge in [-0.1, -0.05) is 12.1 Å². The van der Waals surface area contributed by atoms with E-state index < -0.39 is 39.3 Å². The molecule has 182 valence electrons. The summed E-state index contributed by atoms with van der Waals surface area (Å²) in [4.78, 5) is 25.8. The first-order chi connectivity index (χ1) is 15.9. The topological polar surface area (TPSA) is 96.0 Å². The van der Waals surface area contributed by atoms with Crippen LogP contribution in [-0.2, 0) is 21.0 Å². The number of nitrogens with one attached hydrogen (secondary N) is 1. The third-order valence-corrected chi connectivity index (χ3v) is 7.86. The number of piperazine rings is 1. The van der Waals surface area contributed by atoms with E-state index in [2.05, 4.69) is 5.32 Å². The maximum Gasteiger partial charge on any atom is 0.417 e. The second-order valence-electron chi connectivity index (χ2n) is 8.10. The Morgan fingerprint density at radius 3 is 2.41 bits per heavy atom. The number of halogens is 3. The third kappa shape index (κ3) is 4.34. The van der Waals surface area contributed by atoms with E-state index in [9.17, 15) is 31.2 Å². The molecule has 0 bridgehead atoms. The molecule has 4 rings (SSSR count). The number of rotatable bonds is 3. The average molecular weight is 497 g/mol. The Hall–Kier alpha value is -3.12. The van der Waals surface area contributed by atoms with Crippen LogP contribution in [0.5, 0.6) is 5.75 Å². The summed E-state index contributed by atoms with van der Waals surface area (Å²) < 4.78 is 73.2. The summed E-state index contributed by atoms with van der Waals surface area (Å²) in [5, 5.41) is 2.66. The molecular weight excluding hydrogens is 475 g/mol. The van der Waals surface area contributed by atoms with Crippen LogP contribution in [0.3, 0.4) is 0 Å². The quantitative estimate of drug-likeness (QED) is 0.704. The van der Waals surface area contributed by atoms with Gasteiger partial charge in [0.15, 0.2) is 6.10 Å². The predicted octanol–water partition coefficient (Wildman–Crippen LogP) is 2.88. The number of anilines is 1. The molecule has 1 saturated heterocycles. The number of carbonyl (C=O) groups excluding carboxylic acids is 2. The fourth-order valence-corrected chi connectivity index (χ4v) is 5.62. The molecule has 0 spiro atoms. The van der Waals surface area contributed by atoms with Gasteiger partial charge in [0.1, 0.15) is 5.75 Å². The molecular formula is C22H22F3N3O5S. The Morgan fingerprint density at radius 2 is 1.76 bits per heavy atom. The minimum atomic E-state index is -4.68. The highest BCUT2D eigenvalue weighted by Gasteiger charge is 2.38. The maximum atomic E-state index is 13.3. The van der Waals surface area contributed by atoms with Crippen molar-refractivity contribution in [1.82, 2.24) is 9.21 Å². The first-order valence-electron chi connectivity index (χ1n) is 10.5. The third-order valence-electron chi connectivity index (χ3n) is 5.81. The molecule has 2 aromatic rings. The molecule has 1 fully saturated rings. The molecule has 0 aromatic heterocycles. The zero-order chi connectivity index (χ0) is 24.8. The maximum absolute atomic E-state index is 13.3. The number of aryl methyl sites for hydroxylation is 1. The van der Waals surface area contributed by atoms with E-state index in [4.69, 9.17) is 4.74 Å². The van der Waals surface area contributed by atoms with Crippen molar-refractivity contribution in [2.75, 3.05) is 31.5 Å². The van der Waals surface area contributed by atoms with Crippen LogP contribution in [-0.4, -0.2) is 61.7 Å². The number of sulfonamides is 1. The summed E-state index contributed by atoms with van der Waals surface area (Å²) >= 11 is 0. The van der Waals surface area contributed by atoms with Gasteiger partial charge in [0, 0.05) is 32.2 Å². The Labute approximate surface area is 194 Å². The van der Waals surface area contributed by atoms with Crippen LogP contribution >= 0.6 is 0 Å². The van der Waals surface area contributed by atoms with E-state index in [-0.39, 0.29) is 42.7 Å². The second-order valence-corrected chi connectivity index (χ2v) is 10.0. The fourth-order valence-electron chi connectivity index (χ4n) is 3.98. The molecule has 0 unspecified atom stereocenters. The van der Waals surface area contributed by atoms with E-state index in [1.165, 1.54) is 33.5 Å². The summed E-state index contributed by atoms with van der Waals surface area (Å²) in [5.41, 5.74) is -0.723. The van der Waals surface area contributed by atoms with Gasteiger partial charge < -0.3 is 15.0 Å². The summed E-state index contributed by atoms with van der Waals surface area (Å²) in [5.74, 6) is -0.905. The van der Waals surface area contributed by atoms with Gasteiger partial charge in [-0.2, -0.15) is 17.5 Å². The van der Waals surface area contributed by atoms with E-state index in [1.54, 1.807) is 13.8 Å². The molecule has 2 amide bonds. The van der Waals surface area contributed by atoms with Crippen molar-refractivity contribution in [3.05, 3.63) is 53.1 Å². The molecule has 34 heavy (non-hydrogen) atoms. The van der Waals surface area contributed by atoms with Crippen LogP contribution in [0.15, 0.2) is 41.3 Å². The lowest BCUT2D eigenvalue weighted by Gasteiger charge is -2.35. The summed E-state index contributed by atoms with van der Waals surface area (Å²) in [6.07, 6.45) is -5.46. The van der Waals surface area contributed by atoms with Crippen LogP contribution < -0.4 is 10.1 Å². The molecule has 2 aliphatic heterocycles. The molecule has 2 heterocycles. The van der Waals surface area contributed by atoms with Crippen LogP contribution in [0.1, 0.15) is 28.4 Å². The Balaban J connectivity index is 1.52. The van der Waals surface area contributed by atoms with Crippen LogP contribution in [0.4, 0.5) is 18.9 Å². The Morgan fingerprint density at radius 1 is 1.12 bits per heavy atom. The van der Waals surface area contributed by atoms with E-state index in [1.807, 2.05) is 0 Å². The molecule has 2 aliphatic rings. The van der Waals surface area contributed by atoms with Crippen LogP contribution in [0, 0.1) is 6.92 Å². The first-order valence-corrected chi connectivity index (χ1v) is 11.9. The number of alkyl halides is 3. The van der Waals surface area contributed by atoms with Crippen molar-refractivity contribution in [3.8, 4) is 5.75 Å².